The van der Waals surface area contributed by atoms with Gasteiger partial charge in [-0.05, 0) is 74.4 Å². The number of hydrogen-bond acceptors (Lipinski definition) is 7. The summed E-state index contributed by atoms with van der Waals surface area (Å²) in [6.45, 7) is 5.84. The molecule has 3 aromatic rings. The summed E-state index contributed by atoms with van der Waals surface area (Å²) in [7, 11) is 0. The first-order valence-corrected chi connectivity index (χ1v) is 13.4. The third kappa shape index (κ3) is 6.66. The van der Waals surface area contributed by atoms with Crippen LogP contribution in [0.2, 0.25) is 0 Å². The normalized spacial score (nSPS) is 15.4. The van der Waals surface area contributed by atoms with E-state index in [-0.39, 0.29) is 12.5 Å². The molecule has 9 heteroatoms. The molecule has 1 aromatic heterocycles. The van der Waals surface area contributed by atoms with E-state index in [0.717, 1.165) is 35.3 Å². The Labute approximate surface area is 226 Å². The van der Waals surface area contributed by atoms with Crippen molar-refractivity contribution in [3.63, 3.8) is 0 Å². The number of amides is 2. The van der Waals surface area contributed by atoms with Crippen LogP contribution in [0.25, 0.3) is 0 Å². The topological polar surface area (TPSA) is 106 Å². The van der Waals surface area contributed by atoms with Crippen LogP contribution >= 0.6 is 11.3 Å². The second-order valence-corrected chi connectivity index (χ2v) is 10.3. The largest absolute Gasteiger partial charge is 0.481 e. The molecule has 1 aliphatic rings. The Bertz CT molecular complexity index is 1320. The van der Waals surface area contributed by atoms with Gasteiger partial charge >= 0.3 is 5.97 Å². The van der Waals surface area contributed by atoms with Crippen molar-refractivity contribution in [1.82, 2.24) is 5.43 Å². The Morgan fingerprint density at radius 2 is 1.87 bits per heavy atom. The van der Waals surface area contributed by atoms with Crippen LogP contribution in [0.5, 0.6) is 5.75 Å². The van der Waals surface area contributed by atoms with E-state index in [1.54, 1.807) is 44.3 Å². The highest BCUT2D eigenvalue weighted by Gasteiger charge is 2.29. The Morgan fingerprint density at radius 1 is 1.13 bits per heavy atom. The molecule has 0 saturated heterocycles. The van der Waals surface area contributed by atoms with Gasteiger partial charge in [0.15, 0.2) is 6.10 Å². The molecule has 4 rings (SSSR count). The van der Waals surface area contributed by atoms with Crippen LogP contribution in [0.15, 0.2) is 59.7 Å². The third-order valence-electron chi connectivity index (χ3n) is 6.20. The van der Waals surface area contributed by atoms with Gasteiger partial charge in [0.2, 0.25) is 0 Å². The predicted molar refractivity (Wildman–Crippen MR) is 148 cm³/mol. The second kappa shape index (κ2) is 12.5. The summed E-state index contributed by atoms with van der Waals surface area (Å²) >= 11 is 1.45. The number of rotatable bonds is 9. The number of nitrogens with one attached hydrogen (secondary N) is 2. The highest BCUT2D eigenvalue weighted by atomic mass is 32.1. The molecule has 0 aliphatic heterocycles. The Kier molecular flexibility index (Phi) is 8.91. The molecular weight excluding hydrogens is 502 g/mol. The lowest BCUT2D eigenvalue weighted by Crippen LogP contribution is -2.33. The quantitative estimate of drug-likeness (QED) is 0.223. The van der Waals surface area contributed by atoms with Crippen LogP contribution < -0.4 is 15.5 Å². The number of hydrogen-bond donors (Lipinski definition) is 2. The summed E-state index contributed by atoms with van der Waals surface area (Å²) in [6, 6.07) is 15.9. The first kappa shape index (κ1) is 27.1. The van der Waals surface area contributed by atoms with E-state index in [2.05, 4.69) is 22.8 Å². The molecule has 0 unspecified atom stereocenters. The Morgan fingerprint density at radius 3 is 2.58 bits per heavy atom. The maximum Gasteiger partial charge on any atom is 0.341 e. The molecule has 2 atom stereocenters. The standard InChI is InChI=1S/C29H31N3O5S/c1-4-36-29(35)25-23-15-10-18(2)16-24(23)38-28(25)31-27(34)21-11-13-22(14-12-21)37-19(3)26(33)32-30-17-20-8-6-5-7-9-20/h5-9,11-14,17-19H,4,10,15-16H2,1-3H3,(H,31,34)(H,32,33)/b30-17-/t18-,19-/m1/s1. The zero-order valence-electron chi connectivity index (χ0n) is 21.7. The maximum atomic E-state index is 13.0. The molecule has 1 heterocycles. The smallest absolute Gasteiger partial charge is 0.341 e. The number of nitrogens with zero attached hydrogens (tertiary/aromatic N) is 1. The van der Waals surface area contributed by atoms with Gasteiger partial charge in [-0.3, -0.25) is 9.59 Å². The summed E-state index contributed by atoms with van der Waals surface area (Å²) in [5, 5.41) is 7.38. The van der Waals surface area contributed by atoms with Gasteiger partial charge in [-0.1, -0.05) is 37.3 Å². The summed E-state index contributed by atoms with van der Waals surface area (Å²) < 4.78 is 11.0. The van der Waals surface area contributed by atoms with E-state index in [1.807, 2.05) is 30.3 Å². The molecule has 0 bridgehead atoms. The van der Waals surface area contributed by atoms with Gasteiger partial charge in [0, 0.05) is 10.4 Å². The number of hydrazone groups is 1. The van der Waals surface area contributed by atoms with Gasteiger partial charge in [0.1, 0.15) is 10.8 Å². The van der Waals surface area contributed by atoms with Crippen molar-refractivity contribution < 1.29 is 23.9 Å². The average Bonchev–Trinajstić information content (AvgIpc) is 3.26. The molecule has 38 heavy (non-hydrogen) atoms. The van der Waals surface area contributed by atoms with E-state index < -0.39 is 18.0 Å². The molecule has 0 fully saturated rings. The van der Waals surface area contributed by atoms with Crippen LogP contribution in [-0.2, 0) is 22.4 Å². The number of carbonyl (C=O) groups excluding carboxylic acids is 3. The summed E-state index contributed by atoms with van der Waals surface area (Å²) in [4.78, 5) is 39.2. The number of thiophene rings is 1. The summed E-state index contributed by atoms with van der Waals surface area (Å²) in [5.41, 5.74) is 5.19. The highest BCUT2D eigenvalue weighted by molar-refractivity contribution is 7.17. The van der Waals surface area contributed by atoms with Gasteiger partial charge < -0.3 is 14.8 Å². The fourth-order valence-corrected chi connectivity index (χ4v) is 5.57. The minimum atomic E-state index is -0.797. The molecule has 2 amide bonds. The molecule has 198 valence electrons. The van der Waals surface area contributed by atoms with E-state index in [4.69, 9.17) is 9.47 Å². The number of esters is 1. The predicted octanol–water partition coefficient (Wildman–Crippen LogP) is 5.22. The molecule has 0 saturated carbocycles. The number of anilines is 1. The number of benzene rings is 2. The van der Waals surface area contributed by atoms with Gasteiger partial charge in [-0.2, -0.15) is 5.10 Å². The highest BCUT2D eigenvalue weighted by Crippen LogP contribution is 2.40. The fraction of sp³-hybridized carbons (Fsp3) is 0.310. The molecule has 2 N–H and O–H groups in total. The van der Waals surface area contributed by atoms with Crippen molar-refractivity contribution in [2.24, 2.45) is 11.0 Å². The van der Waals surface area contributed by atoms with Crippen molar-refractivity contribution in [3.8, 4) is 5.75 Å². The van der Waals surface area contributed by atoms with Crippen molar-refractivity contribution in [2.75, 3.05) is 11.9 Å². The SMILES string of the molecule is CCOC(=O)c1c(NC(=O)c2ccc(O[C@H](C)C(=O)N/N=C\c3ccccc3)cc2)sc2c1CC[C@@H](C)C2. The Balaban J connectivity index is 1.38. The minimum absolute atomic E-state index is 0.268. The lowest BCUT2D eigenvalue weighted by molar-refractivity contribution is -0.127. The van der Waals surface area contributed by atoms with Crippen LogP contribution in [0.3, 0.4) is 0 Å². The van der Waals surface area contributed by atoms with Crippen molar-refractivity contribution in [3.05, 3.63) is 81.7 Å². The molecule has 2 aromatic carbocycles. The van der Waals surface area contributed by atoms with Crippen molar-refractivity contribution >= 4 is 40.3 Å². The van der Waals surface area contributed by atoms with E-state index in [1.165, 1.54) is 11.3 Å². The van der Waals surface area contributed by atoms with Crippen LogP contribution in [-0.4, -0.2) is 36.7 Å². The van der Waals surface area contributed by atoms with E-state index in [0.29, 0.717) is 27.8 Å². The molecule has 8 nitrogen and oxygen atoms in total. The number of fused-ring (bicyclic) bond motifs is 1. The zero-order chi connectivity index (χ0) is 27.1. The van der Waals surface area contributed by atoms with Crippen molar-refractivity contribution in [2.45, 2.75) is 46.1 Å². The van der Waals surface area contributed by atoms with Crippen molar-refractivity contribution in [1.29, 1.82) is 0 Å². The van der Waals surface area contributed by atoms with Gasteiger partial charge in [-0.25, -0.2) is 10.2 Å². The summed E-state index contributed by atoms with van der Waals surface area (Å²) in [5.74, 6) is -0.174. The van der Waals surface area contributed by atoms with Gasteiger partial charge in [0.05, 0.1) is 18.4 Å². The first-order valence-electron chi connectivity index (χ1n) is 12.6. The summed E-state index contributed by atoms with van der Waals surface area (Å²) in [6.07, 6.45) is 3.44. The van der Waals surface area contributed by atoms with Crippen LogP contribution in [0.1, 0.15) is 63.9 Å². The van der Waals surface area contributed by atoms with Crippen LogP contribution in [0.4, 0.5) is 5.00 Å². The van der Waals surface area contributed by atoms with Gasteiger partial charge in [-0.15, -0.1) is 11.3 Å². The van der Waals surface area contributed by atoms with E-state index >= 15 is 0 Å². The molecular formula is C29H31N3O5S. The molecule has 0 spiro atoms. The molecule has 1 aliphatic carbocycles. The maximum absolute atomic E-state index is 13.0. The average molecular weight is 534 g/mol. The zero-order valence-corrected chi connectivity index (χ0v) is 22.5. The Hall–Kier alpha value is -3.98. The third-order valence-corrected chi connectivity index (χ3v) is 7.37. The minimum Gasteiger partial charge on any atom is -0.481 e. The number of ether oxygens (including phenoxy) is 2. The lowest BCUT2D eigenvalue weighted by Gasteiger charge is -2.18. The van der Waals surface area contributed by atoms with Gasteiger partial charge in [0.25, 0.3) is 11.8 Å². The monoisotopic (exact) mass is 533 g/mol. The van der Waals surface area contributed by atoms with E-state index in [9.17, 15) is 14.4 Å². The number of carbonyl (C=O) groups is 3. The fourth-order valence-electron chi connectivity index (χ4n) is 4.18. The lowest BCUT2D eigenvalue weighted by atomic mass is 9.88. The molecule has 0 radical (unpaired) electrons. The second-order valence-electron chi connectivity index (χ2n) is 9.16. The van der Waals surface area contributed by atoms with Crippen LogP contribution in [0, 0.1) is 5.92 Å². The first-order chi connectivity index (χ1) is 18.4.